The summed E-state index contributed by atoms with van der Waals surface area (Å²) >= 11 is 0. The topological polar surface area (TPSA) is 65.0 Å². The fourth-order valence-corrected chi connectivity index (χ4v) is 3.04. The summed E-state index contributed by atoms with van der Waals surface area (Å²) in [6.07, 6.45) is 3.91. The van der Waals surface area contributed by atoms with Crippen molar-refractivity contribution in [1.29, 1.82) is 0 Å². The molecule has 0 atom stereocenters. The third-order valence-corrected chi connectivity index (χ3v) is 5.46. The number of nitrogens with zero attached hydrogens (tertiary/aromatic N) is 3. The summed E-state index contributed by atoms with van der Waals surface area (Å²) < 4.78 is 25.3. The Morgan fingerprint density at radius 2 is 1.84 bits per heavy atom. The Balaban J connectivity index is 0.00000576. The zero-order valence-electron chi connectivity index (χ0n) is 15.4. The van der Waals surface area contributed by atoms with E-state index in [1.165, 1.54) is 18.4 Å². The highest BCUT2D eigenvalue weighted by atomic mass is 127. The van der Waals surface area contributed by atoms with Gasteiger partial charge in [0.05, 0.1) is 4.90 Å². The normalized spacial score (nSPS) is 11.8. The number of sulfonamides is 1. The molecule has 0 aliphatic carbocycles. The Hall–Kier alpha value is -1.13. The van der Waals surface area contributed by atoms with Crippen LogP contribution in [-0.4, -0.2) is 58.3 Å². The van der Waals surface area contributed by atoms with E-state index < -0.39 is 10.0 Å². The average molecular weight is 480 g/mol. The van der Waals surface area contributed by atoms with Crippen molar-refractivity contribution in [2.75, 3.05) is 34.7 Å². The number of benzene rings is 1. The molecule has 0 unspecified atom stereocenters. The highest BCUT2D eigenvalue weighted by Gasteiger charge is 2.16. The molecule has 25 heavy (non-hydrogen) atoms. The number of hydrogen-bond acceptors (Lipinski definition) is 3. The van der Waals surface area contributed by atoms with Gasteiger partial charge in [0.25, 0.3) is 0 Å². The largest absolute Gasteiger partial charge is 0.352 e. The van der Waals surface area contributed by atoms with E-state index in [0.717, 1.165) is 30.9 Å². The highest BCUT2D eigenvalue weighted by molar-refractivity contribution is 14.0. The van der Waals surface area contributed by atoms with Gasteiger partial charge in [-0.05, 0) is 30.5 Å². The van der Waals surface area contributed by atoms with E-state index in [1.54, 1.807) is 19.2 Å². The summed E-state index contributed by atoms with van der Waals surface area (Å²) in [6, 6.07) is 6.88. The summed E-state index contributed by atoms with van der Waals surface area (Å²) in [5.41, 5.74) is 0.994. The van der Waals surface area contributed by atoms with Gasteiger partial charge in [-0.3, -0.25) is 4.99 Å². The maximum absolute atomic E-state index is 12.0. The van der Waals surface area contributed by atoms with E-state index in [0.29, 0.717) is 11.4 Å². The van der Waals surface area contributed by atoms with Crippen molar-refractivity contribution in [3.8, 4) is 0 Å². The number of nitrogens with one attached hydrogen (secondary N) is 1. The molecule has 0 aromatic heterocycles. The van der Waals surface area contributed by atoms with Crippen LogP contribution in [0, 0.1) is 0 Å². The Morgan fingerprint density at radius 1 is 1.24 bits per heavy atom. The van der Waals surface area contributed by atoms with Crippen molar-refractivity contribution in [3.05, 3.63) is 42.5 Å². The molecule has 0 saturated carbocycles. The van der Waals surface area contributed by atoms with Crippen LogP contribution in [0.15, 0.2) is 46.8 Å². The first-order valence-electron chi connectivity index (χ1n) is 7.87. The van der Waals surface area contributed by atoms with Gasteiger partial charge in [-0.1, -0.05) is 18.2 Å². The second-order valence-electron chi connectivity index (χ2n) is 5.68. The maximum atomic E-state index is 12.0. The maximum Gasteiger partial charge on any atom is 0.242 e. The van der Waals surface area contributed by atoms with Crippen molar-refractivity contribution < 1.29 is 8.42 Å². The first-order valence-corrected chi connectivity index (χ1v) is 9.31. The zero-order chi connectivity index (χ0) is 18.2. The summed E-state index contributed by atoms with van der Waals surface area (Å²) in [4.78, 5) is 6.62. The zero-order valence-corrected chi connectivity index (χ0v) is 18.5. The third kappa shape index (κ3) is 7.33. The van der Waals surface area contributed by atoms with Crippen LogP contribution in [0.25, 0.3) is 0 Å². The molecule has 0 fully saturated rings. The molecule has 1 N–H and O–H groups in total. The smallest absolute Gasteiger partial charge is 0.242 e. The molecular weight excluding hydrogens is 451 g/mol. The summed E-state index contributed by atoms with van der Waals surface area (Å²) in [5.74, 6) is 0.809. The number of halogens is 1. The lowest BCUT2D eigenvalue weighted by Gasteiger charge is -2.22. The van der Waals surface area contributed by atoms with Crippen LogP contribution in [0.1, 0.15) is 18.4 Å². The van der Waals surface area contributed by atoms with E-state index in [1.807, 2.05) is 25.3 Å². The first-order chi connectivity index (χ1) is 11.3. The third-order valence-electron chi connectivity index (χ3n) is 3.63. The quantitative estimate of drug-likeness (QED) is 0.204. The fourth-order valence-electron chi connectivity index (χ4n) is 2.13. The molecule has 0 bridgehead atoms. The molecule has 1 rings (SSSR count). The number of hydrogen-bond donors (Lipinski definition) is 1. The molecule has 0 aliphatic rings. The van der Waals surface area contributed by atoms with E-state index in [9.17, 15) is 8.42 Å². The predicted octanol–water partition coefficient (Wildman–Crippen LogP) is 2.53. The van der Waals surface area contributed by atoms with Crippen LogP contribution in [0.2, 0.25) is 0 Å². The van der Waals surface area contributed by atoms with Crippen LogP contribution in [0.3, 0.4) is 0 Å². The lowest BCUT2D eigenvalue weighted by atomic mass is 10.2. The van der Waals surface area contributed by atoms with E-state index in [2.05, 4.69) is 21.8 Å². The van der Waals surface area contributed by atoms with Crippen molar-refractivity contribution in [1.82, 2.24) is 14.5 Å². The standard InChI is InChI=1S/C17H28N4O2S.HI/c1-6-7-8-13-21(5)17(18-2)19-14-15-9-11-16(12-10-15)24(22,23)20(3)4;/h6,9-12H,1,7-8,13-14H2,2-5H3,(H,18,19);1H. The molecule has 1 aromatic rings. The predicted molar refractivity (Wildman–Crippen MR) is 115 cm³/mol. The minimum atomic E-state index is -3.38. The van der Waals surface area contributed by atoms with Crippen molar-refractivity contribution in [2.45, 2.75) is 24.3 Å². The van der Waals surface area contributed by atoms with Gasteiger partial charge in [-0.2, -0.15) is 0 Å². The first kappa shape index (κ1) is 23.9. The molecular formula is C17H29IN4O2S. The molecule has 0 spiro atoms. The Bertz CT molecular complexity index is 658. The van der Waals surface area contributed by atoms with Gasteiger partial charge in [0.1, 0.15) is 0 Å². The highest BCUT2D eigenvalue weighted by Crippen LogP contribution is 2.13. The van der Waals surface area contributed by atoms with Gasteiger partial charge < -0.3 is 10.2 Å². The molecule has 8 heteroatoms. The van der Waals surface area contributed by atoms with E-state index in [-0.39, 0.29) is 24.0 Å². The molecule has 0 aliphatic heterocycles. The summed E-state index contributed by atoms with van der Waals surface area (Å²) in [6.45, 7) is 5.20. The van der Waals surface area contributed by atoms with Crippen LogP contribution >= 0.6 is 24.0 Å². The lowest BCUT2D eigenvalue weighted by molar-refractivity contribution is 0.470. The molecule has 1 aromatic carbocycles. The van der Waals surface area contributed by atoms with Crippen molar-refractivity contribution in [3.63, 3.8) is 0 Å². The fraction of sp³-hybridized carbons (Fsp3) is 0.471. The van der Waals surface area contributed by atoms with E-state index >= 15 is 0 Å². The summed E-state index contributed by atoms with van der Waals surface area (Å²) in [5, 5.41) is 3.28. The number of unbranched alkanes of at least 4 members (excludes halogenated alkanes) is 1. The van der Waals surface area contributed by atoms with Crippen LogP contribution in [0.5, 0.6) is 0 Å². The molecule has 6 nitrogen and oxygen atoms in total. The van der Waals surface area contributed by atoms with Gasteiger partial charge in [0, 0.05) is 41.3 Å². The number of allylic oxidation sites excluding steroid dienone is 1. The van der Waals surface area contributed by atoms with Gasteiger partial charge >= 0.3 is 0 Å². The second kappa shape index (κ2) is 11.5. The van der Waals surface area contributed by atoms with E-state index in [4.69, 9.17) is 0 Å². The van der Waals surface area contributed by atoms with Crippen LogP contribution in [-0.2, 0) is 16.6 Å². The Labute approximate surface area is 169 Å². The van der Waals surface area contributed by atoms with Crippen molar-refractivity contribution >= 4 is 40.0 Å². The monoisotopic (exact) mass is 480 g/mol. The lowest BCUT2D eigenvalue weighted by Crippen LogP contribution is -2.38. The van der Waals surface area contributed by atoms with Gasteiger partial charge in [-0.15, -0.1) is 30.6 Å². The minimum absolute atomic E-state index is 0. The van der Waals surface area contributed by atoms with Gasteiger partial charge in [0.15, 0.2) is 5.96 Å². The Morgan fingerprint density at radius 3 is 2.32 bits per heavy atom. The summed E-state index contributed by atoms with van der Waals surface area (Å²) in [7, 11) is 3.41. The number of aliphatic imine (C=N–C) groups is 1. The second-order valence-corrected chi connectivity index (χ2v) is 7.84. The number of rotatable bonds is 8. The molecule has 0 heterocycles. The molecule has 0 amide bonds. The SMILES string of the molecule is C=CCCCN(C)C(=NC)NCc1ccc(S(=O)(=O)N(C)C)cc1.I. The molecule has 0 saturated heterocycles. The number of guanidine groups is 1. The van der Waals surface area contributed by atoms with Gasteiger partial charge in [0.2, 0.25) is 10.0 Å². The molecule has 142 valence electrons. The Kier molecular flexibility index (Phi) is 11.0. The van der Waals surface area contributed by atoms with Gasteiger partial charge in [-0.25, -0.2) is 12.7 Å². The molecule has 0 radical (unpaired) electrons. The van der Waals surface area contributed by atoms with Crippen LogP contribution in [0.4, 0.5) is 0 Å². The minimum Gasteiger partial charge on any atom is -0.352 e. The average Bonchev–Trinajstić information content (AvgIpc) is 2.56. The van der Waals surface area contributed by atoms with Crippen LogP contribution < -0.4 is 5.32 Å². The van der Waals surface area contributed by atoms with Crippen molar-refractivity contribution in [2.24, 2.45) is 4.99 Å².